The zero-order chi connectivity index (χ0) is 68.1. The predicted molar refractivity (Wildman–Crippen MR) is 309 cm³/mol. The average molecular weight is 1360 g/mol. The van der Waals surface area contributed by atoms with E-state index in [1.807, 2.05) is 27.7 Å². The maximum Gasteiger partial charge on any atom is 0.397 e. The molecule has 0 aromatic rings. The summed E-state index contributed by atoms with van der Waals surface area (Å²) in [5, 5.41) is 122. The Morgan fingerprint density at radius 2 is 1.27 bits per heavy atom. The Hall–Kier alpha value is -2.66. The zero-order valence-corrected chi connectivity index (χ0v) is 54.7. The van der Waals surface area contributed by atoms with Crippen molar-refractivity contribution in [1.29, 1.82) is 0 Å². The van der Waals surface area contributed by atoms with Crippen molar-refractivity contribution >= 4 is 28.1 Å². The molecule has 31 nitrogen and oxygen atoms in total. The molecule has 1 spiro atoms. The molecule has 9 fully saturated rings. The smallest absolute Gasteiger partial charge is 0.397 e. The molecule has 10 aliphatic rings. The van der Waals surface area contributed by atoms with Gasteiger partial charge in [-0.05, 0) is 81.0 Å². The SMILES string of the molecule is CO[C@H]1[C@H](O)[C@@H](O[C@H]2[C@H](O)[C@@H](O[C@H]3[C@H](O)[C@@H](O[C@H]4OC[C@H](O)[C@@H](O)[C@@H]4O)[C@H](O[C@H]4[C@H](O[C@H]5CC[C@@]6(C)[C@H](CC=C7[C@@H]6CC[C@]68C(=O)O[C@@](C)(CC(=O)CC(C)C)[C@H]6[C@@H](OC(C)=O)C[C@@]78C)C5(C)C)OC[C@@H](OS(=O)(=O)O)[C@@H]4O)O[C@@H]3C)O[C@@H](CO)[C@@H]2O)O[C@@H](CO)[C@@H]1O. The van der Waals surface area contributed by atoms with E-state index in [4.69, 9.17) is 65.8 Å². The van der Waals surface area contributed by atoms with Crippen LogP contribution in [-0.2, 0) is 90.5 Å². The van der Waals surface area contributed by atoms with Gasteiger partial charge in [0.2, 0.25) is 0 Å². The molecule has 3 saturated carbocycles. The van der Waals surface area contributed by atoms with Crippen molar-refractivity contribution in [3.05, 3.63) is 11.6 Å². The molecule has 0 bridgehead atoms. The molecule has 6 heterocycles. The summed E-state index contributed by atoms with van der Waals surface area (Å²) in [6, 6.07) is 0. The number of methoxy groups -OCH3 is 1. The van der Waals surface area contributed by atoms with Crippen LogP contribution in [0.15, 0.2) is 11.6 Å². The Bertz CT molecular complexity index is 2810. The molecular weight excluding hydrogens is 1260 g/mol. The Balaban J connectivity index is 0.917. The molecule has 32 atom stereocenters. The molecular formula is C61H96O31S. The number of rotatable bonds is 20. The number of hydrogen-bond acceptors (Lipinski definition) is 30. The van der Waals surface area contributed by atoms with E-state index in [0.29, 0.717) is 44.9 Å². The van der Waals surface area contributed by atoms with Crippen LogP contribution in [0.25, 0.3) is 0 Å². The third-order valence-electron chi connectivity index (χ3n) is 22.3. The van der Waals surface area contributed by atoms with Crippen molar-refractivity contribution < 1.29 is 149 Å². The Morgan fingerprint density at radius 3 is 1.88 bits per heavy atom. The summed E-state index contributed by atoms with van der Waals surface area (Å²) in [7, 11) is -4.13. The minimum Gasteiger partial charge on any atom is -0.462 e. The van der Waals surface area contributed by atoms with Crippen LogP contribution in [0.1, 0.15) is 114 Å². The largest absolute Gasteiger partial charge is 0.462 e. The first-order valence-electron chi connectivity index (χ1n) is 32.1. The van der Waals surface area contributed by atoms with Crippen molar-refractivity contribution in [2.75, 3.05) is 33.5 Å². The first-order valence-corrected chi connectivity index (χ1v) is 33.5. The number of carbonyl (C=O) groups excluding carboxylic acids is 3. The Morgan fingerprint density at radius 1 is 0.677 bits per heavy atom. The van der Waals surface area contributed by atoms with Crippen molar-refractivity contribution in [2.45, 2.75) is 273 Å². The molecule has 0 amide bonds. The zero-order valence-electron chi connectivity index (χ0n) is 53.8. The van der Waals surface area contributed by atoms with Crippen LogP contribution in [0, 0.1) is 45.3 Å². The summed E-state index contributed by atoms with van der Waals surface area (Å²) >= 11 is 0. The van der Waals surface area contributed by atoms with Crippen molar-refractivity contribution in [2.24, 2.45) is 45.3 Å². The van der Waals surface area contributed by atoms with Crippen LogP contribution in [0.2, 0.25) is 0 Å². The summed E-state index contributed by atoms with van der Waals surface area (Å²) < 4.78 is 118. The van der Waals surface area contributed by atoms with Gasteiger partial charge in [-0.1, -0.05) is 53.2 Å². The first kappa shape index (κ1) is 73.1. The second-order valence-electron chi connectivity index (χ2n) is 28.9. The van der Waals surface area contributed by atoms with Gasteiger partial charge in [-0.2, -0.15) is 8.42 Å². The standard InChI is InChI=1S/C61H96O31S/c1-24(2)17-27(65)18-60(9)50-31(83-26(4)64)19-59(8)29-11-12-35-57(5,6)36(14-15-58(35,7)28(29)13-16-61(50,59)56(75)91-60)86-54-48(40(70)34(23-81-54)92-93(76,77)78)90-55-49(89-51-41(71)37(67)30(66)22-80-51)42(72)45(25(3)82-55)87-53-44(74)47(39(69)33(21-63)85-53)88-52-43(73)46(79-10)38(68)32(20-62)84-52/h11,24-25,28,30-55,62-63,66-74H,12-23H2,1-10H3,(H,76,77,78)/t25-,28+,30+,31+,32+,33+,34-,35-,36+,37-,38+,39+,40+,41+,42+,43+,44+,45-,46-,47-,48-,49-,50-,51-,52-,53-,54+,55+,58-,59+,60+,61-/m1/s1. The van der Waals surface area contributed by atoms with Gasteiger partial charge in [0.15, 0.2) is 31.5 Å². The van der Waals surface area contributed by atoms with E-state index >= 15 is 0 Å². The minimum atomic E-state index is -5.29. The van der Waals surface area contributed by atoms with E-state index in [-0.39, 0.29) is 30.0 Å². The number of cyclic esters (lactones) is 1. The van der Waals surface area contributed by atoms with Crippen molar-refractivity contribution in [3.63, 3.8) is 0 Å². The minimum absolute atomic E-state index is 0.0172. The highest BCUT2D eigenvalue weighted by molar-refractivity contribution is 7.80. The maximum atomic E-state index is 14.8. The fraction of sp³-hybridized carbons (Fsp3) is 0.918. The van der Waals surface area contributed by atoms with Crippen LogP contribution in [0.5, 0.6) is 0 Å². The lowest BCUT2D eigenvalue weighted by molar-refractivity contribution is -0.403. The Kier molecular flexibility index (Phi) is 21.6. The van der Waals surface area contributed by atoms with Gasteiger partial charge in [0, 0.05) is 32.3 Å². The van der Waals surface area contributed by atoms with Gasteiger partial charge in [0.1, 0.15) is 121 Å². The number of ether oxygens (including phenoxy) is 13. The van der Waals surface area contributed by atoms with Crippen LogP contribution < -0.4 is 0 Å². The molecule has 10 rings (SSSR count). The lowest BCUT2D eigenvalue weighted by Crippen LogP contribution is -2.68. The van der Waals surface area contributed by atoms with Crippen LogP contribution >= 0.6 is 0 Å². The molecule has 32 heteroatoms. The Labute approximate surface area is 539 Å². The van der Waals surface area contributed by atoms with E-state index in [2.05, 4.69) is 19.9 Å². The van der Waals surface area contributed by atoms with Gasteiger partial charge in [-0.25, -0.2) is 4.18 Å². The molecule has 4 aliphatic carbocycles. The highest BCUT2D eigenvalue weighted by Crippen LogP contribution is 2.77. The third kappa shape index (κ3) is 13.2. The summed E-state index contributed by atoms with van der Waals surface area (Å²) in [6.07, 6.45) is -37.4. The van der Waals surface area contributed by atoms with Crippen molar-refractivity contribution in [1.82, 2.24) is 0 Å². The number of carbonyl (C=O) groups is 3. The molecule has 532 valence electrons. The molecule has 0 radical (unpaired) electrons. The summed E-state index contributed by atoms with van der Waals surface area (Å²) in [4.78, 5) is 41.2. The summed E-state index contributed by atoms with van der Waals surface area (Å²) in [6.45, 7) is 13.7. The van der Waals surface area contributed by atoms with Gasteiger partial charge >= 0.3 is 22.3 Å². The van der Waals surface area contributed by atoms with E-state index < -0.39 is 235 Å². The molecule has 0 aromatic carbocycles. The number of allylic oxidation sites excluding steroid dienone is 2. The predicted octanol–water partition coefficient (Wildman–Crippen LogP) is -2.30. The molecule has 6 saturated heterocycles. The van der Waals surface area contributed by atoms with Crippen LogP contribution in [0.4, 0.5) is 0 Å². The highest BCUT2D eigenvalue weighted by atomic mass is 32.3. The third-order valence-corrected chi connectivity index (χ3v) is 22.8. The quantitative estimate of drug-likeness (QED) is 0.0347. The monoisotopic (exact) mass is 1360 g/mol. The molecule has 93 heavy (non-hydrogen) atoms. The second-order valence-corrected chi connectivity index (χ2v) is 29.9. The molecule has 0 aromatic heterocycles. The van der Waals surface area contributed by atoms with Crippen molar-refractivity contribution in [3.8, 4) is 0 Å². The van der Waals surface area contributed by atoms with Gasteiger partial charge in [-0.15, -0.1) is 0 Å². The first-order chi connectivity index (χ1) is 43.5. The summed E-state index contributed by atoms with van der Waals surface area (Å²) in [5.41, 5.74) is -3.28. The fourth-order valence-electron chi connectivity index (χ4n) is 17.9. The van der Waals surface area contributed by atoms with Gasteiger partial charge in [0.25, 0.3) is 0 Å². The van der Waals surface area contributed by atoms with E-state index in [0.717, 1.165) is 12.7 Å². The number of fused-ring (bicyclic) bond motifs is 4. The second kappa shape index (κ2) is 27.5. The maximum absolute atomic E-state index is 14.8. The number of ketones is 1. The average Bonchev–Trinajstić information content (AvgIpc) is 1.53. The number of hydrogen-bond donors (Lipinski definition) is 12. The number of esters is 2. The number of Topliss-reactive ketones (excluding diaryl/α,β-unsaturated/α-hetero) is 1. The molecule has 0 unspecified atom stereocenters. The van der Waals surface area contributed by atoms with E-state index in [9.17, 15) is 83.5 Å². The lowest BCUT2D eigenvalue weighted by Gasteiger charge is -2.64. The molecule has 6 aliphatic heterocycles. The van der Waals surface area contributed by atoms with E-state index in [1.165, 1.54) is 13.8 Å². The fourth-order valence-corrected chi connectivity index (χ4v) is 18.4. The normalized spacial score (nSPS) is 49.8. The van der Waals surface area contributed by atoms with Gasteiger partial charge in [0.05, 0.1) is 50.0 Å². The highest BCUT2D eigenvalue weighted by Gasteiger charge is 2.80. The van der Waals surface area contributed by atoms with Gasteiger partial charge in [-0.3, -0.25) is 18.9 Å². The lowest BCUT2D eigenvalue weighted by atomic mass is 9.41. The van der Waals surface area contributed by atoms with Gasteiger partial charge < -0.3 is 118 Å². The molecule has 12 N–H and O–H groups in total. The van der Waals surface area contributed by atoms with Crippen LogP contribution in [-0.4, -0.2) is 280 Å². The topological polar surface area (TPSA) is 457 Å². The number of aliphatic hydroxyl groups excluding tert-OH is 11. The van der Waals surface area contributed by atoms with E-state index in [1.54, 1.807) is 6.92 Å². The number of aliphatic hydroxyl groups is 11. The summed E-state index contributed by atoms with van der Waals surface area (Å²) in [5.74, 6) is -1.70. The van der Waals surface area contributed by atoms with Crippen LogP contribution in [0.3, 0.4) is 0 Å².